The second-order valence-corrected chi connectivity index (χ2v) is 24.6. The number of nitrogens with zero attached hydrogens (tertiary/aromatic N) is 1. The molecule has 0 spiro atoms. The highest BCUT2D eigenvalue weighted by Gasteiger charge is 2.27. The second-order valence-electron chi connectivity index (χ2n) is 23.2. The van der Waals surface area contributed by atoms with E-state index in [4.69, 9.17) is 18.5 Å². The molecule has 0 fully saturated rings. The average Bonchev–Trinajstić information content (AvgIpc) is 3.35. The Morgan fingerprint density at radius 1 is 0.411 bits per heavy atom. The summed E-state index contributed by atoms with van der Waals surface area (Å²) in [7, 11) is 1.49. The fraction of sp³-hybridized carbons (Fsp3) is 0.937. The predicted octanol–water partition coefficient (Wildman–Crippen LogP) is 20.0. The summed E-state index contributed by atoms with van der Waals surface area (Å²) in [5.74, 6) is -0.782. The Hall–Kier alpha value is -1.25. The summed E-state index contributed by atoms with van der Waals surface area (Å²) < 4.78 is 34.6. The number of hydrogen-bond acceptors (Lipinski definition) is 7. The number of rotatable bonds is 60. The summed E-state index contributed by atoms with van der Waals surface area (Å²) in [6, 6.07) is 0. The van der Waals surface area contributed by atoms with Gasteiger partial charge < -0.3 is 18.9 Å². The number of unbranched alkanes of at least 4 members (excludes halogenated alkanes) is 44. The molecular weight excluding hydrogens is 930 g/mol. The van der Waals surface area contributed by atoms with E-state index < -0.39 is 26.5 Å². The smallest absolute Gasteiger partial charge is 0.462 e. The fourth-order valence-corrected chi connectivity index (χ4v) is 10.3. The molecule has 0 amide bonds. The highest BCUT2D eigenvalue weighted by molar-refractivity contribution is 7.47. The van der Waals surface area contributed by atoms with E-state index in [2.05, 4.69) is 26.0 Å². The molecule has 0 heterocycles. The van der Waals surface area contributed by atoms with Gasteiger partial charge in [-0.05, 0) is 38.5 Å². The van der Waals surface area contributed by atoms with Gasteiger partial charge in [0.15, 0.2) is 6.10 Å². The monoisotopic (exact) mass is 1050 g/mol. The van der Waals surface area contributed by atoms with Crippen LogP contribution < -0.4 is 0 Å². The lowest BCUT2D eigenvalue weighted by Crippen LogP contribution is -2.37. The van der Waals surface area contributed by atoms with E-state index in [1.807, 2.05) is 21.1 Å². The van der Waals surface area contributed by atoms with Crippen LogP contribution in [0.15, 0.2) is 12.2 Å². The van der Waals surface area contributed by atoms with Crippen molar-refractivity contribution in [3.05, 3.63) is 12.2 Å². The third kappa shape index (κ3) is 59.8. The Labute approximate surface area is 454 Å². The van der Waals surface area contributed by atoms with Crippen molar-refractivity contribution in [1.82, 2.24) is 0 Å². The van der Waals surface area contributed by atoms with Crippen LogP contribution in [0, 0.1) is 0 Å². The molecule has 10 heteroatoms. The predicted molar refractivity (Wildman–Crippen MR) is 312 cm³/mol. The molecular formula is C63H125NO8P+. The van der Waals surface area contributed by atoms with E-state index in [0.717, 1.165) is 44.9 Å². The van der Waals surface area contributed by atoms with Crippen LogP contribution in [0.4, 0.5) is 0 Å². The molecule has 2 atom stereocenters. The summed E-state index contributed by atoms with van der Waals surface area (Å²) in [6.07, 6.45) is 65.9. The van der Waals surface area contributed by atoms with Crippen molar-refractivity contribution in [2.45, 2.75) is 335 Å². The van der Waals surface area contributed by atoms with Crippen molar-refractivity contribution < 1.29 is 42.1 Å². The number of esters is 2. The van der Waals surface area contributed by atoms with E-state index in [0.29, 0.717) is 23.9 Å². The Morgan fingerprint density at radius 2 is 0.699 bits per heavy atom. The van der Waals surface area contributed by atoms with Gasteiger partial charge in [0.1, 0.15) is 19.8 Å². The number of carbonyl (C=O) groups excluding carboxylic acids is 2. The van der Waals surface area contributed by atoms with Gasteiger partial charge >= 0.3 is 19.8 Å². The molecule has 9 nitrogen and oxygen atoms in total. The Kier molecular flexibility index (Phi) is 54.6. The Balaban J connectivity index is 3.99. The van der Waals surface area contributed by atoms with Crippen molar-refractivity contribution >= 4 is 19.8 Å². The summed E-state index contributed by atoms with van der Waals surface area (Å²) in [5.41, 5.74) is 0. The molecule has 0 radical (unpaired) electrons. The molecule has 0 saturated carbocycles. The molecule has 2 unspecified atom stereocenters. The van der Waals surface area contributed by atoms with Crippen molar-refractivity contribution in [2.75, 3.05) is 47.5 Å². The van der Waals surface area contributed by atoms with Gasteiger partial charge in [-0.1, -0.05) is 289 Å². The van der Waals surface area contributed by atoms with Gasteiger partial charge in [0, 0.05) is 12.8 Å². The first-order chi connectivity index (χ1) is 35.5. The van der Waals surface area contributed by atoms with Crippen molar-refractivity contribution in [1.29, 1.82) is 0 Å². The van der Waals surface area contributed by atoms with Crippen molar-refractivity contribution in [2.24, 2.45) is 0 Å². The zero-order valence-electron chi connectivity index (χ0n) is 49.4. The maximum atomic E-state index is 12.8. The number of carbonyl (C=O) groups is 2. The van der Waals surface area contributed by atoms with E-state index in [1.165, 1.54) is 250 Å². The first-order valence-electron chi connectivity index (χ1n) is 31.9. The number of hydrogen-bond donors (Lipinski definition) is 1. The van der Waals surface area contributed by atoms with Crippen LogP contribution in [0.25, 0.3) is 0 Å². The zero-order chi connectivity index (χ0) is 53.5. The van der Waals surface area contributed by atoms with E-state index in [1.54, 1.807) is 0 Å². The van der Waals surface area contributed by atoms with Crippen LogP contribution in [-0.2, 0) is 32.7 Å². The molecule has 1 N–H and O–H groups in total. The van der Waals surface area contributed by atoms with Gasteiger partial charge in [-0.15, -0.1) is 0 Å². The minimum Gasteiger partial charge on any atom is -0.462 e. The summed E-state index contributed by atoms with van der Waals surface area (Å²) in [5, 5.41) is 0. The lowest BCUT2D eigenvalue weighted by atomic mass is 10.0. The van der Waals surface area contributed by atoms with Gasteiger partial charge in [-0.2, -0.15) is 0 Å². The van der Waals surface area contributed by atoms with Crippen molar-refractivity contribution in [3.8, 4) is 0 Å². The minimum absolute atomic E-state index is 0.0346. The van der Waals surface area contributed by atoms with Gasteiger partial charge in [0.2, 0.25) is 0 Å². The molecule has 0 aliphatic heterocycles. The maximum Gasteiger partial charge on any atom is 0.472 e. The molecule has 0 aliphatic rings. The number of likely N-dealkylation sites (N-methyl/N-ethyl adjacent to an activating group) is 1. The number of ether oxygens (including phenoxy) is 2. The van der Waals surface area contributed by atoms with Crippen LogP contribution in [0.5, 0.6) is 0 Å². The SMILES string of the molecule is CCCCCCCCC/C=C\CCCCCCCCCC(=O)OC(COC(=O)CCCCCCCCCCCCCCCCCCCCCCCCCCCCCCCCC)COP(=O)(O)OCC[N+](C)(C)C. The summed E-state index contributed by atoms with van der Waals surface area (Å²) in [4.78, 5) is 35.7. The summed E-state index contributed by atoms with van der Waals surface area (Å²) in [6.45, 7) is 4.49. The highest BCUT2D eigenvalue weighted by Crippen LogP contribution is 2.43. The zero-order valence-corrected chi connectivity index (χ0v) is 50.3. The van der Waals surface area contributed by atoms with Gasteiger partial charge in [-0.25, -0.2) is 4.57 Å². The number of allylic oxidation sites excluding steroid dienone is 2. The first-order valence-corrected chi connectivity index (χ1v) is 33.4. The Morgan fingerprint density at radius 3 is 1.01 bits per heavy atom. The molecule has 0 rings (SSSR count). The topological polar surface area (TPSA) is 108 Å². The third-order valence-corrected chi connectivity index (χ3v) is 15.5. The number of quaternary nitrogens is 1. The van der Waals surface area contributed by atoms with Crippen LogP contribution in [0.1, 0.15) is 328 Å². The molecule has 0 saturated heterocycles. The fourth-order valence-electron chi connectivity index (χ4n) is 9.60. The molecule has 0 bridgehead atoms. The second kappa shape index (κ2) is 55.5. The summed E-state index contributed by atoms with van der Waals surface area (Å²) >= 11 is 0. The van der Waals surface area contributed by atoms with Gasteiger partial charge in [0.05, 0.1) is 27.7 Å². The largest absolute Gasteiger partial charge is 0.472 e. The first kappa shape index (κ1) is 71.8. The average molecular weight is 1060 g/mol. The Bertz CT molecular complexity index is 1240. The highest BCUT2D eigenvalue weighted by atomic mass is 31.2. The van der Waals surface area contributed by atoms with E-state index in [-0.39, 0.29) is 25.6 Å². The van der Waals surface area contributed by atoms with E-state index in [9.17, 15) is 19.0 Å². The van der Waals surface area contributed by atoms with Crippen molar-refractivity contribution in [3.63, 3.8) is 0 Å². The minimum atomic E-state index is -4.38. The van der Waals surface area contributed by atoms with Crippen LogP contribution >= 0.6 is 7.82 Å². The molecule has 434 valence electrons. The lowest BCUT2D eigenvalue weighted by molar-refractivity contribution is -0.870. The van der Waals surface area contributed by atoms with Crippen LogP contribution in [-0.4, -0.2) is 74.9 Å². The molecule has 73 heavy (non-hydrogen) atoms. The lowest BCUT2D eigenvalue weighted by Gasteiger charge is -2.24. The molecule has 0 aliphatic carbocycles. The van der Waals surface area contributed by atoms with Crippen LogP contribution in [0.2, 0.25) is 0 Å². The molecule has 0 aromatic carbocycles. The third-order valence-electron chi connectivity index (χ3n) is 14.5. The quantitative estimate of drug-likeness (QED) is 0.0211. The van der Waals surface area contributed by atoms with E-state index >= 15 is 0 Å². The van der Waals surface area contributed by atoms with Crippen LogP contribution in [0.3, 0.4) is 0 Å². The standard InChI is InChI=1S/C63H124NO8P/c1-6-8-10-12-14-16-18-20-22-24-26-27-28-29-30-31-32-33-34-35-36-37-38-40-41-43-45-47-49-51-53-55-62(65)69-59-61(60-71-73(67,68)70-58-57-64(3,4)5)72-63(66)56-54-52-50-48-46-44-42-39-25-23-21-19-17-15-13-11-9-7-2/h23,25,61H,6-22,24,26-60H2,1-5H3/p+1/b25-23-. The number of phosphoric ester groups is 1. The van der Waals surface area contributed by atoms with Gasteiger partial charge in [-0.3, -0.25) is 18.6 Å². The van der Waals surface area contributed by atoms with Gasteiger partial charge in [0.25, 0.3) is 0 Å². The molecule has 0 aromatic heterocycles. The number of phosphoric acid groups is 1. The normalized spacial score (nSPS) is 13.2. The maximum absolute atomic E-state index is 12.8. The molecule has 0 aromatic rings.